The monoisotopic (exact) mass is 472 g/mol. The summed E-state index contributed by atoms with van der Waals surface area (Å²) < 4.78 is 6.85. The molecule has 2 aromatic carbocycles. The molecule has 0 unspecified atom stereocenters. The molecule has 32 heavy (non-hydrogen) atoms. The summed E-state index contributed by atoms with van der Waals surface area (Å²) in [4.78, 5) is 27.3. The van der Waals surface area contributed by atoms with Crippen LogP contribution in [-0.2, 0) is 19.5 Å². The van der Waals surface area contributed by atoms with Crippen LogP contribution in [0.15, 0.2) is 48.5 Å². The quantitative estimate of drug-likeness (QED) is 0.566. The van der Waals surface area contributed by atoms with Crippen LogP contribution in [0.2, 0.25) is 10.0 Å². The van der Waals surface area contributed by atoms with Gasteiger partial charge in [0.05, 0.1) is 13.7 Å². The Labute approximate surface area is 195 Å². The molecule has 0 radical (unpaired) electrons. The summed E-state index contributed by atoms with van der Waals surface area (Å²) in [6, 6.07) is 14.4. The van der Waals surface area contributed by atoms with E-state index in [9.17, 15) is 9.59 Å². The van der Waals surface area contributed by atoms with Crippen LogP contribution in [0.5, 0.6) is 5.75 Å². The van der Waals surface area contributed by atoms with Crippen molar-refractivity contribution in [1.82, 2.24) is 20.0 Å². The topological polar surface area (TPSA) is 76.5 Å². The Morgan fingerprint density at radius 2 is 2.00 bits per heavy atom. The van der Waals surface area contributed by atoms with Gasteiger partial charge in [-0.25, -0.2) is 0 Å². The number of carbonyl (C=O) groups excluding carboxylic acids is 2. The van der Waals surface area contributed by atoms with Gasteiger partial charge in [-0.1, -0.05) is 41.4 Å². The average molecular weight is 473 g/mol. The number of nitrogens with one attached hydrogen (secondary N) is 1. The second-order valence-electron chi connectivity index (χ2n) is 7.46. The first kappa shape index (κ1) is 22.2. The molecule has 2 amide bonds. The molecule has 4 rings (SSSR count). The fourth-order valence-corrected chi connectivity index (χ4v) is 4.12. The zero-order valence-electron chi connectivity index (χ0n) is 17.5. The molecule has 0 spiro atoms. The molecule has 1 aliphatic rings. The fourth-order valence-electron chi connectivity index (χ4n) is 3.62. The molecule has 7 nitrogen and oxygen atoms in total. The molecule has 1 N–H and O–H groups in total. The highest BCUT2D eigenvalue weighted by molar-refractivity contribution is 6.35. The van der Waals surface area contributed by atoms with Crippen LogP contribution < -0.4 is 10.1 Å². The third-order valence-electron chi connectivity index (χ3n) is 5.30. The smallest absolute Gasteiger partial charge is 0.272 e. The van der Waals surface area contributed by atoms with E-state index in [1.54, 1.807) is 34.9 Å². The van der Waals surface area contributed by atoms with Gasteiger partial charge in [0.2, 0.25) is 0 Å². The molecule has 0 bridgehead atoms. The first-order valence-electron chi connectivity index (χ1n) is 10.2. The lowest BCUT2D eigenvalue weighted by Crippen LogP contribution is -2.39. The van der Waals surface area contributed by atoms with E-state index in [0.29, 0.717) is 48.3 Å². The molecule has 166 valence electrons. The minimum Gasteiger partial charge on any atom is -0.497 e. The van der Waals surface area contributed by atoms with Gasteiger partial charge in [0.25, 0.3) is 11.8 Å². The van der Waals surface area contributed by atoms with E-state index in [4.69, 9.17) is 27.9 Å². The van der Waals surface area contributed by atoms with Crippen molar-refractivity contribution in [2.75, 3.05) is 20.2 Å². The molecule has 3 aromatic rings. The summed E-state index contributed by atoms with van der Waals surface area (Å²) in [5, 5.41) is 8.28. The van der Waals surface area contributed by atoms with Gasteiger partial charge in [-0.3, -0.25) is 14.3 Å². The van der Waals surface area contributed by atoms with Gasteiger partial charge in [0, 0.05) is 35.7 Å². The van der Waals surface area contributed by atoms with E-state index in [1.165, 1.54) is 0 Å². The zero-order chi connectivity index (χ0) is 22.7. The van der Waals surface area contributed by atoms with Crippen molar-refractivity contribution in [3.8, 4) is 5.75 Å². The van der Waals surface area contributed by atoms with Crippen LogP contribution in [-0.4, -0.2) is 46.7 Å². The molecule has 9 heteroatoms. The van der Waals surface area contributed by atoms with Crippen LogP contribution >= 0.6 is 23.2 Å². The molecule has 0 fully saturated rings. The molecular weight excluding hydrogens is 451 g/mol. The van der Waals surface area contributed by atoms with E-state index in [2.05, 4.69) is 10.4 Å². The molecule has 0 saturated heterocycles. The van der Waals surface area contributed by atoms with Crippen LogP contribution in [0, 0.1) is 0 Å². The minimum absolute atomic E-state index is 0.154. The minimum atomic E-state index is -0.330. The zero-order valence-corrected chi connectivity index (χ0v) is 19.0. The van der Waals surface area contributed by atoms with Crippen molar-refractivity contribution in [3.63, 3.8) is 0 Å². The van der Waals surface area contributed by atoms with Gasteiger partial charge in [0.15, 0.2) is 5.69 Å². The van der Waals surface area contributed by atoms with Crippen molar-refractivity contribution in [1.29, 1.82) is 0 Å². The number of benzene rings is 2. The number of amides is 2. The second kappa shape index (κ2) is 9.63. The molecule has 1 aromatic heterocycles. The highest BCUT2D eigenvalue weighted by Crippen LogP contribution is 2.21. The number of halogens is 2. The Morgan fingerprint density at radius 1 is 1.16 bits per heavy atom. The summed E-state index contributed by atoms with van der Waals surface area (Å²) in [5.74, 6) is 0.263. The normalized spacial score (nSPS) is 13.1. The number of nitrogens with zero attached hydrogens (tertiary/aromatic N) is 3. The van der Waals surface area contributed by atoms with E-state index in [0.717, 1.165) is 16.9 Å². The number of carbonyl (C=O) groups is 2. The number of ether oxygens (including phenoxy) is 1. The number of rotatable bonds is 7. The molecule has 0 aliphatic carbocycles. The molecule has 0 saturated carbocycles. The predicted molar refractivity (Wildman–Crippen MR) is 122 cm³/mol. The van der Waals surface area contributed by atoms with Crippen molar-refractivity contribution in [2.24, 2.45) is 0 Å². The second-order valence-corrected chi connectivity index (χ2v) is 8.30. The molecule has 0 atom stereocenters. The van der Waals surface area contributed by atoms with Gasteiger partial charge >= 0.3 is 0 Å². The SMILES string of the molecule is COc1cccc(CN2CCn3nc(C(=O)NCCc4ccc(Cl)cc4Cl)cc3C2=O)c1. The maximum atomic E-state index is 13.0. The maximum Gasteiger partial charge on any atom is 0.272 e. The summed E-state index contributed by atoms with van der Waals surface area (Å²) in [6.45, 7) is 1.89. The van der Waals surface area contributed by atoms with Crippen molar-refractivity contribution in [3.05, 3.63) is 81.1 Å². The van der Waals surface area contributed by atoms with Gasteiger partial charge in [0.1, 0.15) is 11.4 Å². The van der Waals surface area contributed by atoms with Gasteiger partial charge in [-0.2, -0.15) is 5.10 Å². The largest absolute Gasteiger partial charge is 0.497 e. The summed E-state index contributed by atoms with van der Waals surface area (Å²) in [5.41, 5.74) is 2.50. The number of methoxy groups -OCH3 is 1. The van der Waals surface area contributed by atoms with Crippen LogP contribution in [0.1, 0.15) is 32.1 Å². The highest BCUT2D eigenvalue weighted by atomic mass is 35.5. The average Bonchev–Trinajstić information content (AvgIpc) is 3.23. The first-order valence-corrected chi connectivity index (χ1v) is 10.9. The van der Waals surface area contributed by atoms with E-state index >= 15 is 0 Å². The standard InChI is InChI=1S/C23H22Cl2N4O3/c1-32-18-4-2-3-15(11-18)14-28-9-10-29-21(23(28)31)13-20(27-29)22(30)26-8-7-16-5-6-17(24)12-19(16)25/h2-6,11-13H,7-10,14H2,1H3,(H,26,30). The number of hydrogen-bond donors (Lipinski definition) is 1. The Morgan fingerprint density at radius 3 is 2.78 bits per heavy atom. The summed E-state index contributed by atoms with van der Waals surface area (Å²) in [6.07, 6.45) is 0.558. The molecule has 1 aliphatic heterocycles. The lowest BCUT2D eigenvalue weighted by Gasteiger charge is -2.27. The van der Waals surface area contributed by atoms with Crippen molar-refractivity contribution >= 4 is 35.0 Å². The van der Waals surface area contributed by atoms with Crippen molar-refractivity contribution < 1.29 is 14.3 Å². The maximum absolute atomic E-state index is 13.0. The summed E-state index contributed by atoms with van der Waals surface area (Å²) >= 11 is 12.1. The lowest BCUT2D eigenvalue weighted by molar-refractivity contribution is 0.0683. The third kappa shape index (κ3) is 4.89. The van der Waals surface area contributed by atoms with Crippen molar-refractivity contribution in [2.45, 2.75) is 19.5 Å². The van der Waals surface area contributed by atoms with Crippen LogP contribution in [0.3, 0.4) is 0 Å². The van der Waals surface area contributed by atoms with E-state index in [1.807, 2.05) is 30.3 Å². The Bertz CT molecular complexity index is 1160. The Kier molecular flexibility index (Phi) is 6.67. The fraction of sp³-hybridized carbons (Fsp3) is 0.261. The Hall–Kier alpha value is -3.03. The van der Waals surface area contributed by atoms with Crippen LogP contribution in [0.4, 0.5) is 0 Å². The van der Waals surface area contributed by atoms with Gasteiger partial charge in [-0.15, -0.1) is 0 Å². The Balaban J connectivity index is 1.38. The van der Waals surface area contributed by atoms with Gasteiger partial charge < -0.3 is 15.0 Å². The van der Waals surface area contributed by atoms with Gasteiger partial charge in [-0.05, 0) is 41.8 Å². The van der Waals surface area contributed by atoms with E-state index < -0.39 is 0 Å². The molecule has 2 heterocycles. The first-order chi connectivity index (χ1) is 15.4. The number of hydrogen-bond acceptors (Lipinski definition) is 4. The number of fused-ring (bicyclic) bond motifs is 1. The number of aromatic nitrogens is 2. The summed E-state index contributed by atoms with van der Waals surface area (Å²) in [7, 11) is 1.61. The highest BCUT2D eigenvalue weighted by Gasteiger charge is 2.28. The lowest BCUT2D eigenvalue weighted by atomic mass is 10.1. The van der Waals surface area contributed by atoms with E-state index in [-0.39, 0.29) is 17.5 Å². The third-order valence-corrected chi connectivity index (χ3v) is 5.89. The molecular formula is C23H22Cl2N4O3. The van der Waals surface area contributed by atoms with Crippen LogP contribution in [0.25, 0.3) is 0 Å². The predicted octanol–water partition coefficient (Wildman–Crippen LogP) is 3.83.